The summed E-state index contributed by atoms with van der Waals surface area (Å²) in [7, 11) is 1.76. The molecular weight excluding hydrogens is 340 g/mol. The first-order valence-electron chi connectivity index (χ1n) is 9.15. The van der Waals surface area contributed by atoms with Crippen LogP contribution in [0.2, 0.25) is 0 Å². The van der Waals surface area contributed by atoms with Gasteiger partial charge in [-0.15, -0.1) is 0 Å². The lowest BCUT2D eigenvalue weighted by Gasteiger charge is -2.06. The fourth-order valence-electron chi connectivity index (χ4n) is 3.44. The lowest BCUT2D eigenvalue weighted by Crippen LogP contribution is -2.03. The molecule has 0 aliphatic heterocycles. The highest BCUT2D eigenvalue weighted by atomic mass is 16.5. The Labute approximate surface area is 158 Å². The van der Waals surface area contributed by atoms with Gasteiger partial charge in [0.15, 0.2) is 0 Å². The van der Waals surface area contributed by atoms with Crippen LogP contribution >= 0.6 is 0 Å². The Morgan fingerprint density at radius 3 is 2.89 bits per heavy atom. The van der Waals surface area contributed by atoms with Crippen LogP contribution in [-0.2, 0) is 26.5 Å². The van der Waals surface area contributed by atoms with E-state index >= 15 is 0 Å². The van der Waals surface area contributed by atoms with Crippen LogP contribution in [0.3, 0.4) is 0 Å². The molecule has 2 heterocycles. The van der Waals surface area contributed by atoms with Crippen LogP contribution < -0.4 is 4.74 Å². The maximum absolute atomic E-state index is 12.2. The van der Waals surface area contributed by atoms with Gasteiger partial charge in [-0.3, -0.25) is 9.48 Å². The molecule has 0 atom stereocenters. The number of carbonyl (C=O) groups excluding carboxylic acids is 1. The average Bonchev–Trinajstić information content (AvgIpc) is 3.37. The standard InChI is InChI=1S/C22H22N2O3/c1-15-12-21(24(2)23-15)22(25)11-10-18-8-9-20(27-18)14-26-19-7-6-16-4-3-5-17(16)13-19/h6-13H,3-5,14H2,1-2H3/b11-10+. The van der Waals surface area contributed by atoms with Gasteiger partial charge in [-0.25, -0.2) is 0 Å². The minimum atomic E-state index is -0.106. The first-order valence-corrected chi connectivity index (χ1v) is 9.15. The molecule has 0 radical (unpaired) electrons. The van der Waals surface area contributed by atoms with Crippen LogP contribution in [0.25, 0.3) is 6.08 Å². The zero-order valence-corrected chi connectivity index (χ0v) is 15.6. The third-order valence-electron chi connectivity index (χ3n) is 4.79. The van der Waals surface area contributed by atoms with Gasteiger partial charge in [-0.1, -0.05) is 6.07 Å². The van der Waals surface area contributed by atoms with Crippen molar-refractivity contribution in [1.82, 2.24) is 9.78 Å². The normalized spacial score (nSPS) is 13.3. The molecule has 3 aromatic rings. The number of ketones is 1. The topological polar surface area (TPSA) is 57.3 Å². The lowest BCUT2D eigenvalue weighted by atomic mass is 10.1. The Bertz CT molecular complexity index is 1010. The molecule has 5 heteroatoms. The summed E-state index contributed by atoms with van der Waals surface area (Å²) in [6, 6.07) is 11.8. The number of aryl methyl sites for hydroxylation is 4. The van der Waals surface area contributed by atoms with Gasteiger partial charge >= 0.3 is 0 Å². The largest absolute Gasteiger partial charge is 0.486 e. The molecule has 138 valence electrons. The van der Waals surface area contributed by atoms with Crippen LogP contribution in [0, 0.1) is 6.92 Å². The van der Waals surface area contributed by atoms with Gasteiger partial charge in [-0.05, 0) is 79.8 Å². The van der Waals surface area contributed by atoms with Crippen LogP contribution in [0.15, 0.2) is 46.9 Å². The number of hydrogen-bond acceptors (Lipinski definition) is 4. The predicted molar refractivity (Wildman–Crippen MR) is 103 cm³/mol. The number of allylic oxidation sites excluding steroid dienone is 1. The van der Waals surface area contributed by atoms with Gasteiger partial charge in [0.2, 0.25) is 5.78 Å². The highest BCUT2D eigenvalue weighted by molar-refractivity contribution is 6.05. The molecule has 2 aromatic heterocycles. The summed E-state index contributed by atoms with van der Waals surface area (Å²) in [5, 5.41) is 4.19. The average molecular weight is 362 g/mol. The molecule has 0 unspecified atom stereocenters. The first kappa shape index (κ1) is 17.3. The lowest BCUT2D eigenvalue weighted by molar-refractivity contribution is 0.103. The van der Waals surface area contributed by atoms with E-state index in [1.54, 1.807) is 23.9 Å². The van der Waals surface area contributed by atoms with Gasteiger partial charge in [0.05, 0.1) is 5.69 Å². The van der Waals surface area contributed by atoms with Crippen molar-refractivity contribution in [2.45, 2.75) is 32.8 Å². The monoisotopic (exact) mass is 362 g/mol. The quantitative estimate of drug-likeness (QED) is 0.485. The van der Waals surface area contributed by atoms with Crippen LogP contribution in [0.5, 0.6) is 5.75 Å². The number of furan rings is 1. The van der Waals surface area contributed by atoms with E-state index in [0.29, 0.717) is 18.1 Å². The van der Waals surface area contributed by atoms with E-state index in [9.17, 15) is 4.79 Å². The minimum absolute atomic E-state index is 0.106. The molecule has 1 aliphatic carbocycles. The second-order valence-corrected chi connectivity index (χ2v) is 6.87. The zero-order chi connectivity index (χ0) is 18.8. The molecule has 0 bridgehead atoms. The molecule has 0 amide bonds. The molecule has 27 heavy (non-hydrogen) atoms. The molecule has 1 aliphatic rings. The molecule has 0 saturated heterocycles. The first-order chi connectivity index (χ1) is 13.1. The number of hydrogen-bond donors (Lipinski definition) is 0. The summed E-state index contributed by atoms with van der Waals surface area (Å²) in [5.41, 5.74) is 4.19. The van der Waals surface area contributed by atoms with E-state index < -0.39 is 0 Å². The molecular formula is C22H22N2O3. The zero-order valence-electron chi connectivity index (χ0n) is 15.6. The Morgan fingerprint density at radius 1 is 1.22 bits per heavy atom. The summed E-state index contributed by atoms with van der Waals surface area (Å²) in [4.78, 5) is 12.2. The van der Waals surface area contributed by atoms with Crippen molar-refractivity contribution in [2.24, 2.45) is 7.05 Å². The third kappa shape index (κ3) is 3.87. The number of rotatable bonds is 6. The van der Waals surface area contributed by atoms with E-state index in [4.69, 9.17) is 9.15 Å². The Kier molecular flexibility index (Phi) is 4.67. The smallest absolute Gasteiger partial charge is 0.203 e. The molecule has 0 N–H and O–H groups in total. The predicted octanol–water partition coefficient (Wildman–Crippen LogP) is 4.29. The highest BCUT2D eigenvalue weighted by Crippen LogP contribution is 2.26. The van der Waals surface area contributed by atoms with E-state index in [2.05, 4.69) is 17.2 Å². The maximum Gasteiger partial charge on any atom is 0.203 e. The fourth-order valence-corrected chi connectivity index (χ4v) is 3.44. The molecule has 0 fully saturated rings. The Hall–Kier alpha value is -3.08. The molecule has 5 nitrogen and oxygen atoms in total. The van der Waals surface area contributed by atoms with E-state index in [-0.39, 0.29) is 5.78 Å². The van der Waals surface area contributed by atoms with Crippen molar-refractivity contribution in [3.8, 4) is 5.75 Å². The summed E-state index contributed by atoms with van der Waals surface area (Å²) in [6.45, 7) is 2.22. The number of carbonyl (C=O) groups is 1. The van der Waals surface area contributed by atoms with E-state index in [0.717, 1.165) is 23.6 Å². The summed E-state index contributed by atoms with van der Waals surface area (Å²) >= 11 is 0. The second kappa shape index (κ2) is 7.27. The third-order valence-corrected chi connectivity index (χ3v) is 4.79. The summed E-state index contributed by atoms with van der Waals surface area (Å²) in [6.07, 6.45) is 6.70. The van der Waals surface area contributed by atoms with Gasteiger partial charge in [0.1, 0.15) is 29.6 Å². The van der Waals surface area contributed by atoms with Crippen molar-refractivity contribution in [2.75, 3.05) is 0 Å². The molecule has 4 rings (SSSR count). The molecule has 0 saturated carbocycles. The minimum Gasteiger partial charge on any atom is -0.486 e. The summed E-state index contributed by atoms with van der Waals surface area (Å²) < 4.78 is 13.2. The van der Waals surface area contributed by atoms with Gasteiger partial charge in [0, 0.05) is 7.05 Å². The second-order valence-electron chi connectivity index (χ2n) is 6.87. The number of benzene rings is 1. The highest BCUT2D eigenvalue weighted by Gasteiger charge is 2.12. The Balaban J connectivity index is 1.37. The van der Waals surface area contributed by atoms with Crippen molar-refractivity contribution in [3.05, 3.63) is 76.5 Å². The van der Waals surface area contributed by atoms with Crippen molar-refractivity contribution in [1.29, 1.82) is 0 Å². The number of nitrogens with zero attached hydrogens (tertiary/aromatic N) is 2. The molecule has 0 spiro atoms. The van der Waals surface area contributed by atoms with Crippen molar-refractivity contribution < 1.29 is 13.9 Å². The van der Waals surface area contributed by atoms with Gasteiger partial charge < -0.3 is 9.15 Å². The van der Waals surface area contributed by atoms with Gasteiger partial charge in [-0.2, -0.15) is 5.10 Å². The molecule has 1 aromatic carbocycles. The van der Waals surface area contributed by atoms with Crippen molar-refractivity contribution in [3.63, 3.8) is 0 Å². The van der Waals surface area contributed by atoms with Crippen LogP contribution in [0.4, 0.5) is 0 Å². The number of fused-ring (bicyclic) bond motifs is 1. The summed E-state index contributed by atoms with van der Waals surface area (Å²) in [5.74, 6) is 2.10. The maximum atomic E-state index is 12.2. The van der Waals surface area contributed by atoms with E-state index in [1.807, 2.05) is 25.1 Å². The van der Waals surface area contributed by atoms with E-state index in [1.165, 1.54) is 30.0 Å². The van der Waals surface area contributed by atoms with Crippen molar-refractivity contribution >= 4 is 11.9 Å². The van der Waals surface area contributed by atoms with Crippen LogP contribution in [0.1, 0.15) is 45.3 Å². The van der Waals surface area contributed by atoms with Gasteiger partial charge in [0.25, 0.3) is 0 Å². The number of aromatic nitrogens is 2. The number of ether oxygens (including phenoxy) is 1. The Morgan fingerprint density at radius 2 is 2.07 bits per heavy atom. The fraction of sp³-hybridized carbons (Fsp3) is 0.273. The van der Waals surface area contributed by atoms with Crippen LogP contribution in [-0.4, -0.2) is 15.6 Å². The SMILES string of the molecule is Cc1cc(C(=O)/C=C/c2ccc(COc3ccc4c(c3)CCC4)o2)n(C)n1.